The predicted molar refractivity (Wildman–Crippen MR) is 148 cm³/mol. The standard InChI is InChI=1S/C31H32N4O2/c1-22-19-24(3)27(20-23(22)2)28-13-14-30(33-32-28)34-15-17-35(18-16-34)31(36)21-37-29-12-8-7-11-26(29)25-9-5-4-6-10-25/h4-14,19-20H,15-18,21H2,1-3H3. The zero-order chi connectivity index (χ0) is 25.8. The van der Waals surface area contributed by atoms with Crippen LogP contribution in [0.2, 0.25) is 0 Å². The Morgan fingerprint density at radius 1 is 0.757 bits per heavy atom. The quantitative estimate of drug-likeness (QED) is 0.358. The van der Waals surface area contributed by atoms with Crippen LogP contribution in [-0.2, 0) is 4.79 Å². The fraction of sp³-hybridized carbons (Fsp3) is 0.258. The molecule has 0 saturated carbocycles. The Morgan fingerprint density at radius 2 is 1.46 bits per heavy atom. The molecule has 0 unspecified atom stereocenters. The van der Waals surface area contributed by atoms with E-state index >= 15 is 0 Å². The molecule has 2 heterocycles. The van der Waals surface area contributed by atoms with E-state index in [2.05, 4.69) is 48.0 Å². The SMILES string of the molecule is Cc1cc(C)c(-c2ccc(N3CCN(C(=O)COc4ccccc4-c4ccccc4)CC3)nn2)cc1C. The van der Waals surface area contributed by atoms with Crippen molar-refractivity contribution in [3.05, 3.63) is 95.6 Å². The number of carbonyl (C=O) groups excluding carboxylic acids is 1. The van der Waals surface area contributed by atoms with Gasteiger partial charge in [0.05, 0.1) is 5.69 Å². The van der Waals surface area contributed by atoms with Crippen LogP contribution < -0.4 is 9.64 Å². The number of carbonyl (C=O) groups is 1. The van der Waals surface area contributed by atoms with Gasteiger partial charge in [0, 0.05) is 37.3 Å². The molecule has 37 heavy (non-hydrogen) atoms. The van der Waals surface area contributed by atoms with Crippen LogP contribution in [0.4, 0.5) is 5.82 Å². The van der Waals surface area contributed by atoms with Crippen molar-refractivity contribution in [2.75, 3.05) is 37.7 Å². The third-order valence-corrected chi connectivity index (χ3v) is 7.05. The van der Waals surface area contributed by atoms with Gasteiger partial charge in [0.1, 0.15) is 5.75 Å². The first-order valence-corrected chi connectivity index (χ1v) is 12.7. The second-order valence-electron chi connectivity index (χ2n) is 9.55. The van der Waals surface area contributed by atoms with E-state index in [1.54, 1.807) is 0 Å². The van der Waals surface area contributed by atoms with E-state index in [9.17, 15) is 4.79 Å². The van der Waals surface area contributed by atoms with E-state index < -0.39 is 0 Å². The zero-order valence-corrected chi connectivity index (χ0v) is 21.6. The van der Waals surface area contributed by atoms with E-state index in [1.807, 2.05) is 71.6 Å². The lowest BCUT2D eigenvalue weighted by Gasteiger charge is -2.35. The van der Waals surface area contributed by atoms with Gasteiger partial charge in [0.15, 0.2) is 12.4 Å². The van der Waals surface area contributed by atoms with E-state index in [0.717, 1.165) is 34.0 Å². The van der Waals surface area contributed by atoms with Crippen molar-refractivity contribution in [1.82, 2.24) is 15.1 Å². The fourth-order valence-electron chi connectivity index (χ4n) is 4.74. The highest BCUT2D eigenvalue weighted by Gasteiger charge is 2.23. The monoisotopic (exact) mass is 492 g/mol. The lowest BCUT2D eigenvalue weighted by Crippen LogP contribution is -2.50. The number of anilines is 1. The Bertz CT molecular complexity index is 1380. The first kappa shape index (κ1) is 24.5. The molecule has 0 radical (unpaired) electrons. The molecule has 1 aliphatic heterocycles. The third-order valence-electron chi connectivity index (χ3n) is 7.05. The largest absolute Gasteiger partial charge is 0.483 e. The maximum absolute atomic E-state index is 12.9. The van der Waals surface area contributed by atoms with Gasteiger partial charge in [-0.2, -0.15) is 0 Å². The summed E-state index contributed by atoms with van der Waals surface area (Å²) in [5.74, 6) is 1.55. The Kier molecular flexibility index (Phi) is 7.17. The van der Waals surface area contributed by atoms with Crippen molar-refractivity contribution in [2.45, 2.75) is 20.8 Å². The van der Waals surface area contributed by atoms with Crippen molar-refractivity contribution < 1.29 is 9.53 Å². The van der Waals surface area contributed by atoms with Crippen LogP contribution in [0.15, 0.2) is 78.9 Å². The van der Waals surface area contributed by atoms with Gasteiger partial charge in [-0.1, -0.05) is 54.6 Å². The molecule has 1 aromatic heterocycles. The van der Waals surface area contributed by atoms with Crippen LogP contribution in [0.1, 0.15) is 16.7 Å². The summed E-state index contributed by atoms with van der Waals surface area (Å²) in [5.41, 5.74) is 7.78. The molecule has 1 fully saturated rings. The number of aryl methyl sites for hydroxylation is 3. The lowest BCUT2D eigenvalue weighted by atomic mass is 9.99. The molecule has 0 spiro atoms. The summed E-state index contributed by atoms with van der Waals surface area (Å²) >= 11 is 0. The molecule has 0 N–H and O–H groups in total. The van der Waals surface area contributed by atoms with Crippen molar-refractivity contribution in [2.24, 2.45) is 0 Å². The fourth-order valence-corrected chi connectivity index (χ4v) is 4.74. The summed E-state index contributed by atoms with van der Waals surface area (Å²) in [6.07, 6.45) is 0. The predicted octanol–water partition coefficient (Wildman–Crippen LogP) is 5.46. The minimum absolute atomic E-state index is 0.00540. The van der Waals surface area contributed by atoms with Gasteiger partial charge in [-0.15, -0.1) is 10.2 Å². The van der Waals surface area contributed by atoms with Gasteiger partial charge in [-0.05, 0) is 67.3 Å². The minimum atomic E-state index is -0.00540. The van der Waals surface area contributed by atoms with Gasteiger partial charge < -0.3 is 14.5 Å². The van der Waals surface area contributed by atoms with E-state index in [4.69, 9.17) is 4.74 Å². The van der Waals surface area contributed by atoms with Crippen molar-refractivity contribution in [3.8, 4) is 28.1 Å². The molecule has 188 valence electrons. The molecule has 0 bridgehead atoms. The molecule has 1 saturated heterocycles. The Labute approximate surface area is 218 Å². The number of hydrogen-bond acceptors (Lipinski definition) is 5. The highest BCUT2D eigenvalue weighted by molar-refractivity contribution is 5.79. The topological polar surface area (TPSA) is 58.6 Å². The summed E-state index contributed by atoms with van der Waals surface area (Å²) in [7, 11) is 0. The number of benzene rings is 3. The lowest BCUT2D eigenvalue weighted by molar-refractivity contribution is -0.133. The van der Waals surface area contributed by atoms with Crippen LogP contribution in [0, 0.1) is 20.8 Å². The van der Waals surface area contributed by atoms with E-state index in [0.29, 0.717) is 26.2 Å². The smallest absolute Gasteiger partial charge is 0.260 e. The van der Waals surface area contributed by atoms with Gasteiger partial charge in [0.2, 0.25) is 0 Å². The van der Waals surface area contributed by atoms with Crippen molar-refractivity contribution in [3.63, 3.8) is 0 Å². The van der Waals surface area contributed by atoms with Gasteiger partial charge >= 0.3 is 0 Å². The molecular weight excluding hydrogens is 460 g/mol. The molecule has 0 atom stereocenters. The highest BCUT2D eigenvalue weighted by Crippen LogP contribution is 2.30. The second-order valence-corrected chi connectivity index (χ2v) is 9.55. The number of ether oxygens (including phenoxy) is 1. The summed E-state index contributed by atoms with van der Waals surface area (Å²) in [4.78, 5) is 16.9. The molecular formula is C31H32N4O2. The number of rotatable bonds is 6. The summed E-state index contributed by atoms with van der Waals surface area (Å²) in [6.45, 7) is 9.05. The van der Waals surface area contributed by atoms with Crippen LogP contribution in [0.5, 0.6) is 5.75 Å². The second kappa shape index (κ2) is 10.8. The molecule has 6 heteroatoms. The van der Waals surface area contributed by atoms with Crippen LogP contribution in [0.25, 0.3) is 22.4 Å². The van der Waals surface area contributed by atoms with Gasteiger partial charge in [-0.25, -0.2) is 0 Å². The molecule has 0 aliphatic carbocycles. The molecule has 5 rings (SSSR count). The van der Waals surface area contributed by atoms with Crippen molar-refractivity contribution >= 4 is 11.7 Å². The number of piperazine rings is 1. The molecule has 4 aromatic rings. The molecule has 1 amide bonds. The summed E-state index contributed by atoms with van der Waals surface area (Å²) < 4.78 is 5.97. The van der Waals surface area contributed by atoms with Crippen LogP contribution in [0.3, 0.4) is 0 Å². The molecule has 3 aromatic carbocycles. The molecule has 1 aliphatic rings. The van der Waals surface area contributed by atoms with E-state index in [1.165, 1.54) is 16.7 Å². The highest BCUT2D eigenvalue weighted by atomic mass is 16.5. The maximum atomic E-state index is 12.9. The Morgan fingerprint density at radius 3 is 2.19 bits per heavy atom. The first-order valence-electron chi connectivity index (χ1n) is 12.7. The van der Waals surface area contributed by atoms with Crippen LogP contribution in [-0.4, -0.2) is 53.8 Å². The number of nitrogens with zero attached hydrogens (tertiary/aromatic N) is 4. The van der Waals surface area contributed by atoms with Crippen LogP contribution >= 0.6 is 0 Å². The zero-order valence-electron chi connectivity index (χ0n) is 21.6. The molecule has 6 nitrogen and oxygen atoms in total. The maximum Gasteiger partial charge on any atom is 0.260 e. The third kappa shape index (κ3) is 5.48. The Hall–Kier alpha value is -4.19. The average molecular weight is 493 g/mol. The van der Waals surface area contributed by atoms with Gasteiger partial charge in [0.25, 0.3) is 5.91 Å². The first-order chi connectivity index (χ1) is 18.0. The average Bonchev–Trinajstić information content (AvgIpc) is 2.94. The minimum Gasteiger partial charge on any atom is -0.483 e. The number of hydrogen-bond donors (Lipinski definition) is 0. The van der Waals surface area contributed by atoms with Gasteiger partial charge in [-0.3, -0.25) is 4.79 Å². The number of amides is 1. The number of aromatic nitrogens is 2. The van der Waals surface area contributed by atoms with Crippen molar-refractivity contribution in [1.29, 1.82) is 0 Å². The number of para-hydroxylation sites is 1. The normalized spacial score (nSPS) is 13.5. The van der Waals surface area contributed by atoms with E-state index in [-0.39, 0.29) is 12.5 Å². The Balaban J connectivity index is 1.17. The summed E-state index contributed by atoms with van der Waals surface area (Å²) in [5, 5.41) is 9.02. The summed E-state index contributed by atoms with van der Waals surface area (Å²) in [6, 6.07) is 26.3.